The van der Waals surface area contributed by atoms with Crippen LogP contribution in [0.25, 0.3) is 10.9 Å². The molecule has 1 amide bonds. The van der Waals surface area contributed by atoms with Crippen molar-refractivity contribution >= 4 is 16.8 Å². The number of nitrogens with one attached hydrogen (secondary N) is 1. The van der Waals surface area contributed by atoms with Crippen molar-refractivity contribution in [1.29, 1.82) is 0 Å². The number of hydrogen-bond acceptors (Lipinski definition) is 3. The Morgan fingerprint density at radius 2 is 1.93 bits per heavy atom. The Bertz CT molecular complexity index is 1110. The lowest BCUT2D eigenvalue weighted by Gasteiger charge is -2.11. The van der Waals surface area contributed by atoms with Gasteiger partial charge in [-0.05, 0) is 25.1 Å². The van der Waals surface area contributed by atoms with E-state index in [0.717, 1.165) is 16.6 Å². The van der Waals surface area contributed by atoms with E-state index in [-0.39, 0.29) is 24.8 Å². The number of rotatable bonds is 5. The number of fused-ring (bicyclic) bond motifs is 1. The van der Waals surface area contributed by atoms with Crippen LogP contribution in [-0.4, -0.2) is 15.6 Å². The van der Waals surface area contributed by atoms with Gasteiger partial charge in [0.2, 0.25) is 0 Å². The molecule has 0 unspecified atom stereocenters. The Labute approximate surface area is 155 Å². The predicted octanol–water partition coefficient (Wildman–Crippen LogP) is 4.06. The van der Waals surface area contributed by atoms with Gasteiger partial charge in [-0.2, -0.15) is 0 Å². The second kappa shape index (κ2) is 7.07. The summed E-state index contributed by atoms with van der Waals surface area (Å²) in [5, 5.41) is 7.58. The van der Waals surface area contributed by atoms with Gasteiger partial charge in [0.1, 0.15) is 11.5 Å². The highest BCUT2D eigenvalue weighted by molar-refractivity contribution is 5.98. The molecule has 4 aromatic rings. The molecule has 1 N–H and O–H groups in total. The molecule has 0 aliphatic rings. The summed E-state index contributed by atoms with van der Waals surface area (Å²) in [5.41, 5.74) is 2.63. The Balaban J connectivity index is 1.67. The van der Waals surface area contributed by atoms with Gasteiger partial charge in [-0.3, -0.25) is 4.79 Å². The van der Waals surface area contributed by atoms with Gasteiger partial charge in [0.05, 0.1) is 18.8 Å². The van der Waals surface area contributed by atoms with Gasteiger partial charge in [0, 0.05) is 22.5 Å². The second-order valence-corrected chi connectivity index (χ2v) is 6.38. The summed E-state index contributed by atoms with van der Waals surface area (Å²) in [6.07, 6.45) is 0. The van der Waals surface area contributed by atoms with Crippen LogP contribution in [0.3, 0.4) is 0 Å². The predicted molar refractivity (Wildman–Crippen MR) is 99.9 cm³/mol. The van der Waals surface area contributed by atoms with Crippen molar-refractivity contribution in [2.75, 3.05) is 0 Å². The number of nitrogens with zero attached hydrogens (tertiary/aromatic N) is 2. The van der Waals surface area contributed by atoms with Crippen molar-refractivity contribution in [3.8, 4) is 0 Å². The average molecular weight is 363 g/mol. The molecule has 0 bridgehead atoms. The van der Waals surface area contributed by atoms with Gasteiger partial charge in [-0.25, -0.2) is 4.39 Å². The van der Waals surface area contributed by atoms with Gasteiger partial charge in [0.15, 0.2) is 5.76 Å². The van der Waals surface area contributed by atoms with Crippen LogP contribution < -0.4 is 5.32 Å². The smallest absolute Gasteiger partial charge is 0.268 e. The van der Waals surface area contributed by atoms with Gasteiger partial charge in [-0.1, -0.05) is 41.6 Å². The number of hydrogen-bond donors (Lipinski definition) is 1. The standard InChI is InChI=1S/C21H18FN3O2/c1-14-10-17(27-24-14)12-23-21(26)20-11-15-6-3-5-9-19(15)25(20)13-16-7-2-4-8-18(16)22/h2-11H,12-13H2,1H3,(H,23,26). The first-order valence-corrected chi connectivity index (χ1v) is 8.64. The molecule has 0 radical (unpaired) electrons. The molecule has 5 nitrogen and oxygen atoms in total. The Morgan fingerprint density at radius 3 is 2.70 bits per heavy atom. The Hall–Kier alpha value is -3.41. The lowest BCUT2D eigenvalue weighted by molar-refractivity contribution is 0.0938. The number of carbonyl (C=O) groups excluding carboxylic acids is 1. The van der Waals surface area contributed by atoms with E-state index in [2.05, 4.69) is 10.5 Å². The maximum atomic E-state index is 14.2. The molecule has 0 spiro atoms. The second-order valence-electron chi connectivity index (χ2n) is 6.38. The van der Waals surface area contributed by atoms with E-state index in [4.69, 9.17) is 4.52 Å². The zero-order valence-corrected chi connectivity index (χ0v) is 14.8. The number of halogens is 1. The van der Waals surface area contributed by atoms with Crippen LogP contribution in [0.2, 0.25) is 0 Å². The fourth-order valence-corrected chi connectivity index (χ4v) is 3.12. The molecule has 0 saturated carbocycles. The number of para-hydroxylation sites is 1. The van der Waals surface area contributed by atoms with Crippen LogP contribution in [0.5, 0.6) is 0 Å². The zero-order chi connectivity index (χ0) is 18.8. The molecule has 4 rings (SSSR count). The number of aryl methyl sites for hydroxylation is 1. The molecule has 2 aromatic heterocycles. The zero-order valence-electron chi connectivity index (χ0n) is 14.8. The van der Waals surface area contributed by atoms with Crippen molar-refractivity contribution in [3.63, 3.8) is 0 Å². The number of aromatic nitrogens is 2. The first-order chi connectivity index (χ1) is 13.1. The van der Waals surface area contributed by atoms with Crippen molar-refractivity contribution in [3.05, 3.63) is 89.2 Å². The normalized spacial score (nSPS) is 11.0. The number of carbonyl (C=O) groups is 1. The number of amides is 1. The summed E-state index contributed by atoms with van der Waals surface area (Å²) >= 11 is 0. The highest BCUT2D eigenvalue weighted by atomic mass is 19.1. The number of benzene rings is 2. The SMILES string of the molecule is Cc1cc(CNC(=O)c2cc3ccccc3n2Cc2ccccc2F)on1. The van der Waals surface area contributed by atoms with Crippen LogP contribution in [-0.2, 0) is 13.1 Å². The van der Waals surface area contributed by atoms with Crippen molar-refractivity contribution in [1.82, 2.24) is 15.0 Å². The van der Waals surface area contributed by atoms with E-state index in [1.807, 2.05) is 41.8 Å². The van der Waals surface area contributed by atoms with Gasteiger partial charge >= 0.3 is 0 Å². The quantitative estimate of drug-likeness (QED) is 0.582. The summed E-state index contributed by atoms with van der Waals surface area (Å²) in [6.45, 7) is 2.33. The van der Waals surface area contributed by atoms with Gasteiger partial charge in [-0.15, -0.1) is 0 Å². The molecule has 0 aliphatic carbocycles. The van der Waals surface area contributed by atoms with Crippen LogP contribution in [0.15, 0.2) is 65.2 Å². The minimum atomic E-state index is -0.293. The fourth-order valence-electron chi connectivity index (χ4n) is 3.12. The molecule has 27 heavy (non-hydrogen) atoms. The highest BCUT2D eigenvalue weighted by Crippen LogP contribution is 2.22. The lowest BCUT2D eigenvalue weighted by Crippen LogP contribution is -2.25. The van der Waals surface area contributed by atoms with E-state index < -0.39 is 0 Å². The Morgan fingerprint density at radius 1 is 1.15 bits per heavy atom. The minimum absolute atomic E-state index is 0.237. The maximum Gasteiger partial charge on any atom is 0.268 e. The molecule has 136 valence electrons. The van der Waals surface area contributed by atoms with Crippen LogP contribution in [0.1, 0.15) is 27.5 Å². The summed E-state index contributed by atoms with van der Waals surface area (Å²) < 4.78 is 21.1. The monoisotopic (exact) mass is 363 g/mol. The first kappa shape index (κ1) is 17.0. The molecular weight excluding hydrogens is 345 g/mol. The van der Waals surface area contributed by atoms with E-state index in [1.54, 1.807) is 24.3 Å². The lowest BCUT2D eigenvalue weighted by atomic mass is 10.2. The van der Waals surface area contributed by atoms with Crippen LogP contribution >= 0.6 is 0 Å². The first-order valence-electron chi connectivity index (χ1n) is 8.64. The molecule has 0 aliphatic heterocycles. The summed E-state index contributed by atoms with van der Waals surface area (Å²) in [7, 11) is 0. The molecule has 2 heterocycles. The summed E-state index contributed by atoms with van der Waals surface area (Å²) in [6, 6.07) is 17.8. The molecule has 6 heteroatoms. The van der Waals surface area contributed by atoms with Gasteiger partial charge in [0.25, 0.3) is 5.91 Å². The van der Waals surface area contributed by atoms with Crippen molar-refractivity contribution < 1.29 is 13.7 Å². The summed E-state index contributed by atoms with van der Waals surface area (Å²) in [4.78, 5) is 12.8. The maximum absolute atomic E-state index is 14.2. The largest absolute Gasteiger partial charge is 0.359 e. The van der Waals surface area contributed by atoms with E-state index in [9.17, 15) is 9.18 Å². The van der Waals surface area contributed by atoms with Gasteiger partial charge < -0.3 is 14.4 Å². The minimum Gasteiger partial charge on any atom is -0.359 e. The fraction of sp³-hybridized carbons (Fsp3) is 0.143. The molecule has 0 fully saturated rings. The third-order valence-corrected chi connectivity index (χ3v) is 4.43. The molecule has 0 saturated heterocycles. The molecule has 0 atom stereocenters. The molecule has 2 aromatic carbocycles. The third-order valence-electron chi connectivity index (χ3n) is 4.43. The van der Waals surface area contributed by atoms with E-state index in [0.29, 0.717) is 17.0 Å². The van der Waals surface area contributed by atoms with Crippen molar-refractivity contribution in [2.45, 2.75) is 20.0 Å². The van der Waals surface area contributed by atoms with Crippen molar-refractivity contribution in [2.24, 2.45) is 0 Å². The Kier molecular flexibility index (Phi) is 4.46. The summed E-state index contributed by atoms with van der Waals surface area (Å²) in [5.74, 6) is 0.0352. The average Bonchev–Trinajstić information content (AvgIpc) is 3.25. The van der Waals surface area contributed by atoms with E-state index in [1.165, 1.54) is 6.07 Å². The van der Waals surface area contributed by atoms with Crippen LogP contribution in [0, 0.1) is 12.7 Å². The third kappa shape index (κ3) is 3.46. The highest BCUT2D eigenvalue weighted by Gasteiger charge is 2.17. The van der Waals surface area contributed by atoms with Crippen LogP contribution in [0.4, 0.5) is 4.39 Å². The topological polar surface area (TPSA) is 60.1 Å². The molecular formula is C21H18FN3O2. The van der Waals surface area contributed by atoms with E-state index >= 15 is 0 Å².